The third-order valence-electron chi connectivity index (χ3n) is 5.31. The first-order valence-electron chi connectivity index (χ1n) is 11.0. The van der Waals surface area contributed by atoms with Crippen molar-refractivity contribution < 1.29 is 23.9 Å². The Bertz CT molecular complexity index is 1410. The van der Waals surface area contributed by atoms with Crippen LogP contribution in [-0.4, -0.2) is 34.5 Å². The van der Waals surface area contributed by atoms with E-state index in [-0.39, 0.29) is 17.0 Å². The normalized spacial score (nSPS) is 14.2. The molecule has 0 atom stereocenters. The van der Waals surface area contributed by atoms with Crippen molar-refractivity contribution in [3.8, 4) is 0 Å². The largest absolute Gasteiger partial charge is 0.452 e. The highest BCUT2D eigenvalue weighted by Gasteiger charge is 2.35. The molecule has 3 aromatic rings. The molecule has 3 amide bonds. The number of nitrogens with zero attached hydrogens (tertiary/aromatic N) is 1. The maximum Gasteiger partial charge on any atom is 0.338 e. The number of carbonyl (C=O) groups excluding carboxylic acids is 4. The monoisotopic (exact) mass is 554 g/mol. The van der Waals surface area contributed by atoms with Crippen LogP contribution in [0.1, 0.15) is 27.0 Å². The van der Waals surface area contributed by atoms with Crippen LogP contribution in [0.5, 0.6) is 0 Å². The molecule has 3 aromatic carbocycles. The molecule has 1 heterocycles. The Hall–Kier alpha value is -3.59. The van der Waals surface area contributed by atoms with Crippen molar-refractivity contribution in [2.75, 3.05) is 11.9 Å². The molecule has 0 saturated carbocycles. The second kappa shape index (κ2) is 11.6. The SMILES string of the molecule is Cc1ccc(NC(=O)COC(=O)c2ccc(/C=C3\SC(=O)N(Cc4ccc(Cl)c(Cl)c4)C3=O)cc2)cc1. The van der Waals surface area contributed by atoms with E-state index < -0.39 is 29.6 Å². The molecule has 1 N–H and O–H groups in total. The number of benzene rings is 3. The highest BCUT2D eigenvalue weighted by molar-refractivity contribution is 8.18. The molecule has 4 rings (SSSR count). The average Bonchev–Trinajstić information content (AvgIpc) is 3.14. The Morgan fingerprint density at radius 1 is 0.973 bits per heavy atom. The average molecular weight is 555 g/mol. The molecule has 0 spiro atoms. The molecule has 1 aliphatic rings. The summed E-state index contributed by atoms with van der Waals surface area (Å²) in [4.78, 5) is 50.9. The molecule has 37 heavy (non-hydrogen) atoms. The zero-order chi connectivity index (χ0) is 26.5. The number of ether oxygens (including phenoxy) is 1. The van der Waals surface area contributed by atoms with Gasteiger partial charge in [0, 0.05) is 5.69 Å². The molecule has 0 radical (unpaired) electrons. The van der Waals surface area contributed by atoms with Crippen molar-refractivity contribution in [1.29, 1.82) is 0 Å². The van der Waals surface area contributed by atoms with Gasteiger partial charge in [-0.05, 0) is 72.3 Å². The van der Waals surface area contributed by atoms with Gasteiger partial charge in [-0.2, -0.15) is 0 Å². The predicted octanol–water partition coefficient (Wildman–Crippen LogP) is 6.33. The molecule has 0 unspecified atom stereocenters. The summed E-state index contributed by atoms with van der Waals surface area (Å²) >= 11 is 12.8. The van der Waals surface area contributed by atoms with Crippen LogP contribution in [0.2, 0.25) is 10.0 Å². The number of nitrogens with one attached hydrogen (secondary N) is 1. The third kappa shape index (κ3) is 6.80. The number of hydrogen-bond acceptors (Lipinski definition) is 6. The van der Waals surface area contributed by atoms with Crippen LogP contribution < -0.4 is 5.32 Å². The van der Waals surface area contributed by atoms with Crippen molar-refractivity contribution in [3.05, 3.63) is 104 Å². The van der Waals surface area contributed by atoms with Gasteiger partial charge < -0.3 is 10.1 Å². The first-order chi connectivity index (χ1) is 17.7. The van der Waals surface area contributed by atoms with Crippen LogP contribution in [0.15, 0.2) is 71.6 Å². The fourth-order valence-electron chi connectivity index (χ4n) is 3.37. The van der Waals surface area contributed by atoms with Crippen molar-refractivity contribution >= 4 is 69.8 Å². The van der Waals surface area contributed by atoms with Gasteiger partial charge in [-0.15, -0.1) is 0 Å². The molecular weight excluding hydrogens is 535 g/mol. The van der Waals surface area contributed by atoms with Crippen molar-refractivity contribution in [1.82, 2.24) is 4.90 Å². The number of anilines is 1. The van der Waals surface area contributed by atoms with Gasteiger partial charge >= 0.3 is 5.97 Å². The van der Waals surface area contributed by atoms with E-state index in [1.54, 1.807) is 48.5 Å². The van der Waals surface area contributed by atoms with Crippen LogP contribution in [0.4, 0.5) is 10.5 Å². The summed E-state index contributed by atoms with van der Waals surface area (Å²) in [7, 11) is 0. The summed E-state index contributed by atoms with van der Waals surface area (Å²) in [6, 6.07) is 18.4. The molecule has 10 heteroatoms. The highest BCUT2D eigenvalue weighted by Crippen LogP contribution is 2.34. The van der Waals surface area contributed by atoms with Crippen LogP contribution in [0.25, 0.3) is 6.08 Å². The number of imide groups is 1. The lowest BCUT2D eigenvalue weighted by Gasteiger charge is -2.12. The molecule has 1 aliphatic heterocycles. The maximum atomic E-state index is 12.8. The quantitative estimate of drug-likeness (QED) is 0.271. The van der Waals surface area contributed by atoms with Crippen LogP contribution in [-0.2, 0) is 20.9 Å². The van der Waals surface area contributed by atoms with Gasteiger partial charge in [0.1, 0.15) is 0 Å². The van der Waals surface area contributed by atoms with Gasteiger partial charge in [-0.1, -0.05) is 59.1 Å². The minimum absolute atomic E-state index is 0.0706. The predicted molar refractivity (Wildman–Crippen MR) is 145 cm³/mol. The standard InChI is InChI=1S/C27H20Cl2N2O5S/c1-16-2-9-20(10-3-16)30-24(32)15-36-26(34)19-7-4-17(5-8-19)13-23-25(33)31(27(35)37-23)14-18-6-11-21(28)22(29)12-18/h2-13H,14-15H2,1H3,(H,30,32)/b23-13-. The first kappa shape index (κ1) is 26.5. The molecule has 0 aromatic heterocycles. The zero-order valence-electron chi connectivity index (χ0n) is 19.5. The van der Waals surface area contributed by atoms with E-state index in [0.29, 0.717) is 26.9 Å². The van der Waals surface area contributed by atoms with Gasteiger partial charge in [0.15, 0.2) is 6.61 Å². The summed E-state index contributed by atoms with van der Waals surface area (Å²) < 4.78 is 5.08. The van der Waals surface area contributed by atoms with Crippen LogP contribution >= 0.6 is 35.0 Å². The zero-order valence-corrected chi connectivity index (χ0v) is 21.8. The van der Waals surface area contributed by atoms with Gasteiger partial charge in [-0.25, -0.2) is 4.79 Å². The lowest BCUT2D eigenvalue weighted by molar-refractivity contribution is -0.123. The van der Waals surface area contributed by atoms with E-state index >= 15 is 0 Å². The summed E-state index contributed by atoms with van der Waals surface area (Å²) in [5.74, 6) is -1.54. The number of esters is 1. The molecule has 188 valence electrons. The van der Waals surface area contributed by atoms with E-state index in [1.807, 2.05) is 19.1 Å². The van der Waals surface area contributed by atoms with Gasteiger partial charge in [-0.3, -0.25) is 19.3 Å². The Morgan fingerprint density at radius 2 is 1.68 bits per heavy atom. The van der Waals surface area contributed by atoms with E-state index in [1.165, 1.54) is 12.1 Å². The van der Waals surface area contributed by atoms with Crippen LogP contribution in [0.3, 0.4) is 0 Å². The Morgan fingerprint density at radius 3 is 2.35 bits per heavy atom. The lowest BCUT2D eigenvalue weighted by atomic mass is 10.1. The van der Waals surface area contributed by atoms with E-state index in [9.17, 15) is 19.2 Å². The fourth-order valence-corrected chi connectivity index (χ4v) is 4.53. The Labute approximate surface area is 227 Å². The number of halogens is 2. The minimum atomic E-state index is -0.660. The molecule has 1 fully saturated rings. The molecule has 0 aliphatic carbocycles. The topological polar surface area (TPSA) is 92.8 Å². The maximum absolute atomic E-state index is 12.8. The fraction of sp³-hybridized carbons (Fsp3) is 0.111. The van der Waals surface area contributed by atoms with Gasteiger partial charge in [0.25, 0.3) is 17.1 Å². The number of amides is 3. The summed E-state index contributed by atoms with van der Waals surface area (Å²) in [5.41, 5.74) is 3.21. The molecule has 1 saturated heterocycles. The molecule has 7 nitrogen and oxygen atoms in total. The smallest absolute Gasteiger partial charge is 0.338 e. The summed E-state index contributed by atoms with van der Waals surface area (Å²) in [6.45, 7) is 1.58. The van der Waals surface area contributed by atoms with E-state index in [4.69, 9.17) is 27.9 Å². The second-order valence-corrected chi connectivity index (χ2v) is 9.94. The number of hydrogen-bond donors (Lipinski definition) is 1. The van der Waals surface area contributed by atoms with Crippen molar-refractivity contribution in [3.63, 3.8) is 0 Å². The van der Waals surface area contributed by atoms with E-state index in [0.717, 1.165) is 22.2 Å². The summed E-state index contributed by atoms with van der Waals surface area (Å²) in [6.07, 6.45) is 1.57. The first-order valence-corrected chi connectivity index (χ1v) is 12.6. The second-order valence-electron chi connectivity index (χ2n) is 8.13. The molecular formula is C27H20Cl2N2O5S. The van der Waals surface area contributed by atoms with Crippen molar-refractivity contribution in [2.24, 2.45) is 0 Å². The number of thioether (sulfide) groups is 1. The van der Waals surface area contributed by atoms with Gasteiger partial charge in [0.05, 0.1) is 27.1 Å². The third-order valence-corrected chi connectivity index (χ3v) is 6.96. The number of rotatable bonds is 7. The Balaban J connectivity index is 1.34. The van der Waals surface area contributed by atoms with E-state index in [2.05, 4.69) is 5.32 Å². The number of aryl methyl sites for hydroxylation is 1. The Kier molecular flexibility index (Phi) is 8.33. The van der Waals surface area contributed by atoms with Crippen LogP contribution in [0, 0.1) is 6.92 Å². The lowest BCUT2D eigenvalue weighted by Crippen LogP contribution is -2.27. The van der Waals surface area contributed by atoms with Gasteiger partial charge in [0.2, 0.25) is 0 Å². The minimum Gasteiger partial charge on any atom is -0.452 e. The highest BCUT2D eigenvalue weighted by atomic mass is 35.5. The number of carbonyl (C=O) groups is 4. The summed E-state index contributed by atoms with van der Waals surface area (Å²) in [5, 5.41) is 2.98. The molecule has 0 bridgehead atoms. The van der Waals surface area contributed by atoms with Crippen molar-refractivity contribution in [2.45, 2.75) is 13.5 Å².